The number of hydrogen-bond donors (Lipinski definition) is 0. The van der Waals surface area contributed by atoms with E-state index < -0.39 is 0 Å². The maximum atomic E-state index is 13.5. The second-order valence-corrected chi connectivity index (χ2v) is 8.38. The van der Waals surface area contributed by atoms with Gasteiger partial charge in [-0.2, -0.15) is 0 Å². The number of aryl methyl sites for hydroxylation is 1. The summed E-state index contributed by atoms with van der Waals surface area (Å²) in [6, 6.07) is 23.5. The molecule has 1 aromatic heterocycles. The van der Waals surface area contributed by atoms with E-state index in [2.05, 4.69) is 0 Å². The van der Waals surface area contributed by atoms with Gasteiger partial charge in [0.15, 0.2) is 0 Å². The Bertz CT molecular complexity index is 1010. The third-order valence-electron chi connectivity index (χ3n) is 5.75. The fourth-order valence-corrected chi connectivity index (χ4v) is 4.05. The van der Waals surface area contributed by atoms with Crippen LogP contribution in [0.25, 0.3) is 0 Å². The molecule has 0 saturated heterocycles. The zero-order valence-electron chi connectivity index (χ0n) is 19.9. The van der Waals surface area contributed by atoms with E-state index in [1.54, 1.807) is 9.80 Å². The van der Waals surface area contributed by atoms with Crippen molar-refractivity contribution in [2.75, 3.05) is 13.1 Å². The second-order valence-electron chi connectivity index (χ2n) is 8.38. The van der Waals surface area contributed by atoms with Crippen molar-refractivity contribution in [3.05, 3.63) is 95.4 Å². The lowest BCUT2D eigenvalue weighted by molar-refractivity contribution is -0.142. The van der Waals surface area contributed by atoms with E-state index >= 15 is 0 Å². The number of rotatable bonds is 11. The maximum absolute atomic E-state index is 13.5. The molecule has 33 heavy (non-hydrogen) atoms. The van der Waals surface area contributed by atoms with Crippen LogP contribution in [0.5, 0.6) is 0 Å². The van der Waals surface area contributed by atoms with Crippen LogP contribution in [0.2, 0.25) is 0 Å². The van der Waals surface area contributed by atoms with Crippen molar-refractivity contribution in [1.82, 2.24) is 9.80 Å². The van der Waals surface area contributed by atoms with Gasteiger partial charge in [-0.25, -0.2) is 0 Å². The molecule has 0 spiro atoms. The van der Waals surface area contributed by atoms with Crippen LogP contribution in [0.3, 0.4) is 0 Å². The van der Waals surface area contributed by atoms with Crippen molar-refractivity contribution in [2.45, 2.75) is 52.6 Å². The van der Waals surface area contributed by atoms with Gasteiger partial charge in [-0.3, -0.25) is 9.59 Å². The Morgan fingerprint density at radius 1 is 0.848 bits per heavy atom. The highest BCUT2D eigenvalue weighted by Gasteiger charge is 2.27. The number of benzene rings is 2. The minimum Gasteiger partial charge on any atom is -0.464 e. The summed E-state index contributed by atoms with van der Waals surface area (Å²) in [4.78, 5) is 30.5. The fourth-order valence-electron chi connectivity index (χ4n) is 4.05. The van der Waals surface area contributed by atoms with Crippen molar-refractivity contribution in [3.63, 3.8) is 0 Å². The van der Waals surface area contributed by atoms with E-state index in [0.717, 1.165) is 29.1 Å². The molecule has 1 atom stereocenters. The average molecular weight is 447 g/mol. The van der Waals surface area contributed by atoms with Gasteiger partial charge in [-0.05, 0) is 43.0 Å². The summed E-state index contributed by atoms with van der Waals surface area (Å²) in [5.74, 6) is 1.22. The van der Waals surface area contributed by atoms with Crippen molar-refractivity contribution < 1.29 is 14.0 Å². The number of carbonyl (C=O) groups excluding carboxylic acids is 2. The molecule has 0 aliphatic heterocycles. The SMILES string of the molecule is CCCN(CC(=O)N(Cc1ccccc1)Cc1ccc(C)o1)C(=O)C(CC)c1ccccc1. The molecule has 1 heterocycles. The molecule has 0 fully saturated rings. The molecule has 5 heteroatoms. The normalized spacial score (nSPS) is 11.7. The Kier molecular flexibility index (Phi) is 8.87. The molecular weight excluding hydrogens is 412 g/mol. The summed E-state index contributed by atoms with van der Waals surface area (Å²) in [5, 5.41) is 0. The van der Waals surface area contributed by atoms with E-state index in [9.17, 15) is 9.59 Å². The number of hydrogen-bond acceptors (Lipinski definition) is 3. The molecule has 0 saturated carbocycles. The first kappa shape index (κ1) is 24.3. The molecule has 174 valence electrons. The first-order valence-electron chi connectivity index (χ1n) is 11.7. The monoisotopic (exact) mass is 446 g/mol. The Morgan fingerprint density at radius 3 is 2.09 bits per heavy atom. The maximum Gasteiger partial charge on any atom is 0.242 e. The predicted octanol–water partition coefficient (Wildman–Crippen LogP) is 5.55. The van der Waals surface area contributed by atoms with Crippen LogP contribution in [-0.4, -0.2) is 34.7 Å². The molecule has 2 aromatic carbocycles. The standard InChI is InChI=1S/C28H34N2O3/c1-4-18-29(28(32)26(5-2)24-14-10-7-11-15-24)21-27(31)30(19-23-12-8-6-9-13-23)20-25-17-16-22(3)33-25/h6-17,26H,4-5,18-21H2,1-3H3. The van der Waals surface area contributed by atoms with Gasteiger partial charge in [0.25, 0.3) is 0 Å². The molecule has 5 nitrogen and oxygen atoms in total. The predicted molar refractivity (Wildman–Crippen MR) is 130 cm³/mol. The molecule has 0 aliphatic rings. The van der Waals surface area contributed by atoms with E-state index in [4.69, 9.17) is 4.42 Å². The van der Waals surface area contributed by atoms with E-state index in [-0.39, 0.29) is 24.3 Å². The summed E-state index contributed by atoms with van der Waals surface area (Å²) in [6.45, 7) is 7.37. The molecule has 2 amide bonds. The fraction of sp³-hybridized carbons (Fsp3) is 0.357. The second kappa shape index (κ2) is 12.0. The van der Waals surface area contributed by atoms with Crippen molar-refractivity contribution >= 4 is 11.8 Å². The van der Waals surface area contributed by atoms with Gasteiger partial charge in [-0.1, -0.05) is 74.5 Å². The molecule has 3 aromatic rings. The number of furan rings is 1. The van der Waals surface area contributed by atoms with Gasteiger partial charge < -0.3 is 14.2 Å². The van der Waals surface area contributed by atoms with E-state index in [0.29, 0.717) is 26.1 Å². The Labute approximate surface area is 197 Å². The van der Waals surface area contributed by atoms with Crippen LogP contribution in [0.4, 0.5) is 0 Å². The average Bonchev–Trinajstić information content (AvgIpc) is 3.24. The van der Waals surface area contributed by atoms with Crippen molar-refractivity contribution in [1.29, 1.82) is 0 Å². The summed E-state index contributed by atoms with van der Waals surface area (Å²) >= 11 is 0. The highest BCUT2D eigenvalue weighted by molar-refractivity contribution is 5.88. The third-order valence-corrected chi connectivity index (χ3v) is 5.75. The van der Waals surface area contributed by atoms with Crippen molar-refractivity contribution in [2.24, 2.45) is 0 Å². The molecule has 0 bridgehead atoms. The smallest absolute Gasteiger partial charge is 0.242 e. The van der Waals surface area contributed by atoms with Gasteiger partial charge in [0.2, 0.25) is 11.8 Å². The first-order valence-corrected chi connectivity index (χ1v) is 11.7. The number of nitrogens with zero attached hydrogens (tertiary/aromatic N) is 2. The van der Waals surface area contributed by atoms with E-state index in [1.807, 2.05) is 93.6 Å². The molecular formula is C28H34N2O3. The van der Waals surface area contributed by atoms with Crippen LogP contribution in [-0.2, 0) is 22.7 Å². The molecule has 0 aliphatic carbocycles. The van der Waals surface area contributed by atoms with Gasteiger partial charge in [0.1, 0.15) is 11.5 Å². The molecule has 3 rings (SSSR count). The summed E-state index contributed by atoms with van der Waals surface area (Å²) in [5.41, 5.74) is 2.03. The van der Waals surface area contributed by atoms with Crippen LogP contribution >= 0.6 is 0 Å². The van der Waals surface area contributed by atoms with Gasteiger partial charge >= 0.3 is 0 Å². The van der Waals surface area contributed by atoms with Crippen LogP contribution < -0.4 is 0 Å². The van der Waals surface area contributed by atoms with Gasteiger partial charge in [-0.15, -0.1) is 0 Å². The third kappa shape index (κ3) is 6.82. The largest absolute Gasteiger partial charge is 0.464 e. The van der Waals surface area contributed by atoms with Crippen LogP contribution in [0.15, 0.2) is 77.2 Å². The van der Waals surface area contributed by atoms with Gasteiger partial charge in [0, 0.05) is 13.1 Å². The van der Waals surface area contributed by atoms with Crippen LogP contribution in [0.1, 0.15) is 55.3 Å². The zero-order chi connectivity index (χ0) is 23.6. The highest BCUT2D eigenvalue weighted by Crippen LogP contribution is 2.23. The Balaban J connectivity index is 1.79. The molecule has 0 radical (unpaired) electrons. The van der Waals surface area contributed by atoms with E-state index in [1.165, 1.54) is 0 Å². The lowest BCUT2D eigenvalue weighted by atomic mass is 9.95. The highest BCUT2D eigenvalue weighted by atomic mass is 16.3. The first-order chi connectivity index (χ1) is 16.0. The lowest BCUT2D eigenvalue weighted by Crippen LogP contribution is -2.44. The summed E-state index contributed by atoms with van der Waals surface area (Å²) < 4.78 is 5.74. The van der Waals surface area contributed by atoms with Crippen molar-refractivity contribution in [3.8, 4) is 0 Å². The topological polar surface area (TPSA) is 53.8 Å². The molecule has 0 N–H and O–H groups in total. The minimum absolute atomic E-state index is 0.00686. The Hall–Kier alpha value is -3.34. The van der Waals surface area contributed by atoms with Crippen LogP contribution in [0, 0.1) is 6.92 Å². The number of carbonyl (C=O) groups is 2. The summed E-state index contributed by atoms with van der Waals surface area (Å²) in [7, 11) is 0. The summed E-state index contributed by atoms with van der Waals surface area (Å²) in [6.07, 6.45) is 1.48. The Morgan fingerprint density at radius 2 is 1.52 bits per heavy atom. The minimum atomic E-state index is -0.249. The molecule has 1 unspecified atom stereocenters. The zero-order valence-corrected chi connectivity index (χ0v) is 19.9. The quantitative estimate of drug-likeness (QED) is 0.388. The van der Waals surface area contributed by atoms with Gasteiger partial charge in [0.05, 0.1) is 19.0 Å². The number of amides is 2. The lowest BCUT2D eigenvalue weighted by Gasteiger charge is -2.29.